The molecule has 0 aromatic carbocycles. The number of methoxy groups -OCH3 is 3. The number of ether oxygens (including phenoxy) is 6. The predicted octanol–water partition coefficient (Wildman–Crippen LogP) is 5.82. The number of fused-ring (bicyclic) bond motifs is 3. The minimum atomic E-state index is -2.48. The molecule has 0 aromatic rings. The first kappa shape index (κ1) is 57.5. The highest BCUT2D eigenvalue weighted by atomic mass is 16.6. The van der Waals surface area contributed by atoms with Gasteiger partial charge in [0, 0.05) is 64.4 Å². The molecule has 16 atom stereocenters. The van der Waals surface area contributed by atoms with Crippen LogP contribution in [0.25, 0.3) is 0 Å². The van der Waals surface area contributed by atoms with Crippen LogP contribution in [-0.4, -0.2) is 144 Å². The highest BCUT2D eigenvalue weighted by molar-refractivity contribution is 6.39. The van der Waals surface area contributed by atoms with E-state index in [1.165, 1.54) is 19.1 Å². The Morgan fingerprint density at radius 2 is 1.58 bits per heavy atom. The first-order valence-corrected chi connectivity index (χ1v) is 25.5. The van der Waals surface area contributed by atoms with Crippen LogP contribution in [0, 0.1) is 41.4 Å². The van der Waals surface area contributed by atoms with Crippen molar-refractivity contribution in [2.75, 3.05) is 27.9 Å². The van der Waals surface area contributed by atoms with Crippen LogP contribution in [0.15, 0.2) is 47.6 Å². The minimum absolute atomic E-state index is 0.00293. The molecule has 4 heterocycles. The summed E-state index contributed by atoms with van der Waals surface area (Å²) >= 11 is 0. The van der Waals surface area contributed by atoms with Gasteiger partial charge < -0.3 is 48.6 Å². The highest BCUT2D eigenvalue weighted by Crippen LogP contribution is 2.45. The van der Waals surface area contributed by atoms with Gasteiger partial charge in [0.1, 0.15) is 36.2 Å². The van der Waals surface area contributed by atoms with E-state index in [4.69, 9.17) is 33.5 Å². The van der Waals surface area contributed by atoms with Crippen molar-refractivity contribution >= 4 is 41.2 Å². The molecule has 1 unspecified atom stereocenters. The number of allylic oxidation sites excluding steroid dienone is 6. The fourth-order valence-electron chi connectivity index (χ4n) is 11.5. The number of amides is 1. The van der Waals surface area contributed by atoms with Gasteiger partial charge in [-0.2, -0.15) is 0 Å². The number of rotatable bonds is 9. The van der Waals surface area contributed by atoms with Gasteiger partial charge in [-0.25, -0.2) is 4.79 Å². The molecule has 17 nitrogen and oxygen atoms in total. The SMILES string of the molecule is CO[C@H]1C[C@@H]2CC[C@@H](C)[C@@](O)(O2)C(=O)C(=O)N2CCCC3[C@H]2C(=O)O[C@@H](CC(=O)[C@H](C)/C=C(\C)[C@@H](O)[C@@H](OC)C(=O)[C@H](C)C[C@H](C)/C=C/C=C/C=C/1C)[C@H]3C[C@@H]1CC[C@@H](OC(=O)CCC(=O)O)[C@H](OC)C1. The van der Waals surface area contributed by atoms with Crippen molar-refractivity contribution in [1.82, 2.24) is 4.90 Å². The summed E-state index contributed by atoms with van der Waals surface area (Å²) < 4.78 is 35.3. The Bertz CT molecular complexity index is 2040. The van der Waals surface area contributed by atoms with E-state index in [0.717, 1.165) is 5.57 Å². The van der Waals surface area contributed by atoms with Crippen LogP contribution in [0.5, 0.6) is 0 Å². The molecule has 0 spiro atoms. The summed E-state index contributed by atoms with van der Waals surface area (Å²) in [6.07, 6.45) is 8.87. The summed E-state index contributed by atoms with van der Waals surface area (Å²) in [6, 6.07) is -1.20. The zero-order chi connectivity index (χ0) is 52.3. The number of aliphatic carboxylic acids is 1. The van der Waals surface area contributed by atoms with Gasteiger partial charge in [-0.15, -0.1) is 0 Å². The van der Waals surface area contributed by atoms with Gasteiger partial charge in [0.15, 0.2) is 5.78 Å². The van der Waals surface area contributed by atoms with Crippen LogP contribution >= 0.6 is 0 Å². The molecule has 3 saturated heterocycles. The molecule has 3 N–H and O–H groups in total. The topological polar surface area (TPSA) is 239 Å². The number of carbonyl (C=O) groups is 7. The molecule has 1 aliphatic carbocycles. The summed E-state index contributed by atoms with van der Waals surface area (Å²) in [5.41, 5.74) is 1.22. The molecule has 6 bridgehead atoms. The van der Waals surface area contributed by atoms with Gasteiger partial charge >= 0.3 is 17.9 Å². The van der Waals surface area contributed by atoms with Crippen LogP contribution in [0.1, 0.15) is 125 Å². The summed E-state index contributed by atoms with van der Waals surface area (Å²) in [5.74, 6) is -10.9. The number of Topliss-reactive ketones (excluding diaryl/α,β-unsaturated/α-hetero) is 3. The lowest BCUT2D eigenvalue weighted by Gasteiger charge is -2.50. The number of carboxylic acids is 1. The Morgan fingerprint density at radius 3 is 2.25 bits per heavy atom. The molecule has 0 aromatic heterocycles. The smallest absolute Gasteiger partial charge is 0.329 e. The third kappa shape index (κ3) is 14.4. The Balaban J connectivity index is 1.49. The van der Waals surface area contributed by atoms with Crippen molar-refractivity contribution < 1.29 is 77.3 Å². The molecule has 4 aliphatic heterocycles. The lowest BCUT2D eigenvalue weighted by Crippen LogP contribution is -2.65. The zero-order valence-electron chi connectivity index (χ0n) is 43.1. The lowest BCUT2D eigenvalue weighted by atomic mass is 9.68. The van der Waals surface area contributed by atoms with E-state index in [9.17, 15) is 43.8 Å². The largest absolute Gasteiger partial charge is 0.481 e. The van der Waals surface area contributed by atoms with Gasteiger partial charge in [-0.05, 0) is 101 Å². The Labute approximate surface area is 418 Å². The maximum Gasteiger partial charge on any atom is 0.329 e. The molecular weight excluding hydrogens is 919 g/mol. The number of nitrogens with zero attached hydrogens (tertiary/aromatic N) is 1. The average molecular weight is 998 g/mol. The number of carboxylic acid groups (broad SMARTS) is 1. The average Bonchev–Trinajstić information content (AvgIpc) is 3.33. The summed E-state index contributed by atoms with van der Waals surface area (Å²) in [7, 11) is 4.43. The third-order valence-corrected chi connectivity index (χ3v) is 15.7. The number of ketones is 3. The van der Waals surface area contributed by atoms with Gasteiger partial charge in [-0.1, -0.05) is 64.2 Å². The van der Waals surface area contributed by atoms with Crippen LogP contribution < -0.4 is 0 Å². The van der Waals surface area contributed by atoms with E-state index in [0.29, 0.717) is 63.4 Å². The summed E-state index contributed by atoms with van der Waals surface area (Å²) in [6.45, 7) is 10.7. The monoisotopic (exact) mass is 998 g/mol. The van der Waals surface area contributed by atoms with E-state index >= 15 is 0 Å². The van der Waals surface area contributed by atoms with E-state index in [1.54, 1.807) is 40.9 Å². The number of hydrogen-bond donors (Lipinski definition) is 3. The second-order valence-electron chi connectivity index (χ2n) is 20.9. The highest BCUT2D eigenvalue weighted by Gasteiger charge is 2.57. The van der Waals surface area contributed by atoms with Crippen LogP contribution in [0.3, 0.4) is 0 Å². The summed E-state index contributed by atoms with van der Waals surface area (Å²) in [5, 5.41) is 32.6. The molecular formula is C54H79NO16. The molecule has 1 amide bonds. The molecule has 5 aliphatic rings. The fourth-order valence-corrected chi connectivity index (χ4v) is 11.5. The molecule has 0 radical (unpaired) electrons. The van der Waals surface area contributed by atoms with Crippen molar-refractivity contribution in [3.63, 3.8) is 0 Å². The quantitative estimate of drug-likeness (QED) is 0.140. The lowest BCUT2D eigenvalue weighted by molar-refractivity contribution is -0.266. The zero-order valence-corrected chi connectivity index (χ0v) is 43.1. The normalized spacial score (nSPS) is 39.9. The third-order valence-electron chi connectivity index (χ3n) is 15.7. The number of hydrogen-bond acceptors (Lipinski definition) is 15. The molecule has 17 heteroatoms. The van der Waals surface area contributed by atoms with E-state index < -0.39 is 114 Å². The van der Waals surface area contributed by atoms with Crippen LogP contribution in [-0.2, 0) is 62.0 Å². The van der Waals surface area contributed by atoms with E-state index in [1.807, 2.05) is 44.2 Å². The molecule has 5 rings (SSSR count). The number of piperidine rings is 1. The Kier molecular flexibility index (Phi) is 21.1. The standard InChI is InChI=1S/C54H79NO16/c1-30-14-11-10-12-15-31(2)42(66-7)28-37-19-17-35(6)54(65,71-37)51(62)52(63)55-23-13-16-38-39(26-36-18-20-41(44(27-36)67-8)69-46(59)22-21-45(57)58)43(70-53(64)47(38)55)29-40(56)32(3)25-34(5)49(61)50(68-9)48(60)33(4)24-30/h10-12,14-15,25,30,32-33,35-39,41-44,47,49-50,61,65H,13,16-24,26-29H2,1-9H3,(H,57,58)/b12-10+,14-11+,31-15+,34-25+/t30-,32-,33-,35-,36+,37+,38?,39+,41-,42+,43+,44-,47+,49-,50+,54-/m1/s1. The number of esters is 2. The van der Waals surface area contributed by atoms with Crippen LogP contribution in [0.4, 0.5) is 0 Å². The second-order valence-corrected chi connectivity index (χ2v) is 20.9. The fraction of sp³-hybridized carbons (Fsp3) is 0.722. The van der Waals surface area contributed by atoms with E-state index in [2.05, 4.69) is 0 Å². The van der Waals surface area contributed by atoms with Crippen molar-refractivity contribution in [3.8, 4) is 0 Å². The Morgan fingerprint density at radius 1 is 0.845 bits per heavy atom. The second kappa shape index (κ2) is 26.0. The van der Waals surface area contributed by atoms with Crippen molar-refractivity contribution in [1.29, 1.82) is 0 Å². The summed E-state index contributed by atoms with van der Waals surface area (Å²) in [4.78, 5) is 96.2. The molecule has 396 valence electrons. The minimum Gasteiger partial charge on any atom is -0.481 e. The maximum atomic E-state index is 14.6. The van der Waals surface area contributed by atoms with Crippen LogP contribution in [0.2, 0.25) is 0 Å². The van der Waals surface area contributed by atoms with Gasteiger partial charge in [0.05, 0.1) is 31.2 Å². The maximum absolute atomic E-state index is 14.6. The van der Waals surface area contributed by atoms with E-state index in [-0.39, 0.29) is 55.6 Å². The van der Waals surface area contributed by atoms with Crippen molar-refractivity contribution in [2.24, 2.45) is 41.4 Å². The predicted molar refractivity (Wildman–Crippen MR) is 259 cm³/mol. The Hall–Kier alpha value is -4.39. The first-order chi connectivity index (χ1) is 33.6. The van der Waals surface area contributed by atoms with Gasteiger partial charge in [0.2, 0.25) is 5.79 Å². The number of carbonyl (C=O) groups excluding carboxylic acids is 6. The first-order valence-electron chi connectivity index (χ1n) is 25.5. The van der Waals surface area contributed by atoms with Crippen molar-refractivity contribution in [3.05, 3.63) is 47.6 Å². The number of aliphatic hydroxyl groups excluding tert-OH is 1. The van der Waals surface area contributed by atoms with Crippen molar-refractivity contribution in [2.45, 2.75) is 180 Å². The molecule has 71 heavy (non-hydrogen) atoms. The molecule has 1 saturated carbocycles. The van der Waals surface area contributed by atoms with Gasteiger partial charge in [-0.3, -0.25) is 28.8 Å². The molecule has 4 fully saturated rings. The van der Waals surface area contributed by atoms with Gasteiger partial charge in [0.25, 0.3) is 11.7 Å². The number of aliphatic hydroxyl groups is 2.